The van der Waals surface area contributed by atoms with E-state index in [1.807, 2.05) is 0 Å². The van der Waals surface area contributed by atoms with E-state index >= 15 is 0 Å². The van der Waals surface area contributed by atoms with Gasteiger partial charge in [-0.1, -0.05) is 43.3 Å². The monoisotopic (exact) mass is 555 g/mol. The summed E-state index contributed by atoms with van der Waals surface area (Å²) in [7, 11) is 0. The maximum atomic E-state index is 5.52. The van der Waals surface area contributed by atoms with Crippen LogP contribution in [0, 0.1) is 0 Å². The average Bonchev–Trinajstić information content (AvgIpc) is 3.26. The van der Waals surface area contributed by atoms with Crippen molar-refractivity contribution in [2.45, 2.75) is 59.2 Å². The number of ether oxygens (including phenoxy) is 1. The second-order valence-corrected chi connectivity index (χ2v) is 7.99. The highest BCUT2D eigenvalue weighted by Crippen LogP contribution is 2.22. The second kappa shape index (κ2) is 14.5. The molecule has 1 saturated heterocycles. The lowest BCUT2D eigenvalue weighted by atomic mass is 9.99. The van der Waals surface area contributed by atoms with E-state index in [1.54, 1.807) is 0 Å². The van der Waals surface area contributed by atoms with Gasteiger partial charge in [-0.25, -0.2) is 4.99 Å². The molecule has 2 aromatic rings. The van der Waals surface area contributed by atoms with Crippen LogP contribution in [-0.4, -0.2) is 48.9 Å². The molecule has 1 aromatic carbocycles. The Morgan fingerprint density at radius 1 is 1.09 bits per heavy atom. The molecule has 0 unspecified atom stereocenters. The smallest absolute Gasteiger partial charge is 0.191 e. The fraction of sp³-hybridized carbons (Fsp3) is 0.583. The number of aromatic nitrogens is 1. The van der Waals surface area contributed by atoms with Crippen LogP contribution in [-0.2, 0) is 24.4 Å². The van der Waals surface area contributed by atoms with E-state index in [1.165, 1.54) is 11.1 Å². The minimum atomic E-state index is 0. The number of hydrogen-bond acceptors (Lipinski definition) is 5. The normalized spacial score (nSPS) is 14.9. The van der Waals surface area contributed by atoms with Crippen LogP contribution < -0.4 is 10.6 Å². The molecule has 1 aliphatic heterocycles. The van der Waals surface area contributed by atoms with Gasteiger partial charge in [0.1, 0.15) is 0 Å². The maximum absolute atomic E-state index is 5.52. The summed E-state index contributed by atoms with van der Waals surface area (Å²) < 4.78 is 11.0. The first-order valence-corrected chi connectivity index (χ1v) is 11.6. The first-order valence-electron chi connectivity index (χ1n) is 11.6. The van der Waals surface area contributed by atoms with Crippen molar-refractivity contribution >= 4 is 29.9 Å². The summed E-state index contributed by atoms with van der Waals surface area (Å²) in [5.41, 5.74) is 3.57. The van der Waals surface area contributed by atoms with Crippen molar-refractivity contribution in [3.8, 4) is 0 Å². The highest BCUT2D eigenvalue weighted by Gasteiger charge is 2.13. The summed E-state index contributed by atoms with van der Waals surface area (Å²) in [5, 5.41) is 10.9. The van der Waals surface area contributed by atoms with Gasteiger partial charge in [-0.2, -0.15) is 0 Å². The zero-order chi connectivity index (χ0) is 21.9. The molecule has 0 aliphatic carbocycles. The molecule has 0 amide bonds. The number of guanidine groups is 1. The van der Waals surface area contributed by atoms with E-state index in [2.05, 4.69) is 71.8 Å². The average molecular weight is 556 g/mol. The van der Waals surface area contributed by atoms with Crippen molar-refractivity contribution in [3.63, 3.8) is 0 Å². The van der Waals surface area contributed by atoms with Gasteiger partial charge >= 0.3 is 0 Å². The van der Waals surface area contributed by atoms with Gasteiger partial charge in [-0.3, -0.25) is 4.90 Å². The molecule has 1 fully saturated rings. The molecule has 7 nitrogen and oxygen atoms in total. The van der Waals surface area contributed by atoms with Crippen molar-refractivity contribution in [2.75, 3.05) is 32.8 Å². The maximum Gasteiger partial charge on any atom is 0.191 e. The summed E-state index contributed by atoms with van der Waals surface area (Å²) in [5.74, 6) is 2.07. The van der Waals surface area contributed by atoms with E-state index in [9.17, 15) is 0 Å². The van der Waals surface area contributed by atoms with Crippen LogP contribution in [0.5, 0.6) is 0 Å². The number of nitrogens with zero attached hydrogens (tertiary/aromatic N) is 3. The Morgan fingerprint density at radius 3 is 2.56 bits per heavy atom. The van der Waals surface area contributed by atoms with Crippen LogP contribution in [0.4, 0.5) is 0 Å². The molecular formula is C24H38IN5O2. The van der Waals surface area contributed by atoms with Gasteiger partial charge in [0.15, 0.2) is 11.7 Å². The molecule has 8 heteroatoms. The topological polar surface area (TPSA) is 74.9 Å². The van der Waals surface area contributed by atoms with E-state index in [0.29, 0.717) is 19.0 Å². The van der Waals surface area contributed by atoms with Gasteiger partial charge < -0.3 is 19.9 Å². The molecule has 32 heavy (non-hydrogen) atoms. The molecule has 0 bridgehead atoms. The van der Waals surface area contributed by atoms with E-state index in [4.69, 9.17) is 14.3 Å². The highest BCUT2D eigenvalue weighted by molar-refractivity contribution is 14.0. The highest BCUT2D eigenvalue weighted by atomic mass is 127. The summed E-state index contributed by atoms with van der Waals surface area (Å²) in [6.45, 7) is 13.0. The standard InChI is InChI=1S/C24H37N5O2.HI/c1-4-21(5-2)23-15-22(31-28-23)17-27-24(25-6-3)26-16-19-8-7-9-20(14-19)18-29-10-12-30-13-11-29;/h7-9,14-15,21H,4-6,10-13,16-18H2,1-3H3,(H2,25,26,27);1H. The van der Waals surface area contributed by atoms with Crippen LogP contribution in [0.25, 0.3) is 0 Å². The van der Waals surface area contributed by atoms with Crippen molar-refractivity contribution in [1.82, 2.24) is 20.7 Å². The van der Waals surface area contributed by atoms with Gasteiger partial charge in [0.2, 0.25) is 0 Å². The van der Waals surface area contributed by atoms with Crippen molar-refractivity contribution in [3.05, 3.63) is 52.9 Å². The Hall–Kier alpha value is -1.65. The van der Waals surface area contributed by atoms with Crippen LogP contribution in [0.15, 0.2) is 39.8 Å². The molecule has 2 heterocycles. The summed E-state index contributed by atoms with van der Waals surface area (Å²) in [4.78, 5) is 7.20. The largest absolute Gasteiger partial charge is 0.379 e. The Labute approximate surface area is 209 Å². The number of halogens is 1. The van der Waals surface area contributed by atoms with Gasteiger partial charge in [-0.15, -0.1) is 24.0 Å². The van der Waals surface area contributed by atoms with Gasteiger partial charge in [0.25, 0.3) is 0 Å². The Kier molecular flexibility index (Phi) is 12.0. The fourth-order valence-corrected chi connectivity index (χ4v) is 3.84. The predicted octanol–water partition coefficient (Wildman–Crippen LogP) is 4.28. The molecule has 0 saturated carbocycles. The molecular weight excluding hydrogens is 517 g/mol. The summed E-state index contributed by atoms with van der Waals surface area (Å²) >= 11 is 0. The zero-order valence-electron chi connectivity index (χ0n) is 19.6. The van der Waals surface area contributed by atoms with Crippen molar-refractivity contribution < 1.29 is 9.26 Å². The first-order chi connectivity index (χ1) is 15.2. The van der Waals surface area contributed by atoms with E-state index in [0.717, 1.165) is 69.6 Å². The Morgan fingerprint density at radius 2 is 1.84 bits per heavy atom. The van der Waals surface area contributed by atoms with Gasteiger partial charge in [0, 0.05) is 38.2 Å². The Balaban J connectivity index is 0.00000363. The van der Waals surface area contributed by atoms with E-state index < -0.39 is 0 Å². The van der Waals surface area contributed by atoms with Crippen LogP contribution in [0.2, 0.25) is 0 Å². The minimum absolute atomic E-state index is 0. The summed E-state index contributed by atoms with van der Waals surface area (Å²) in [6.07, 6.45) is 2.15. The molecule has 178 valence electrons. The number of hydrogen-bond donors (Lipinski definition) is 2. The molecule has 0 atom stereocenters. The van der Waals surface area contributed by atoms with Crippen LogP contribution in [0.3, 0.4) is 0 Å². The fourth-order valence-electron chi connectivity index (χ4n) is 3.84. The lowest BCUT2D eigenvalue weighted by Gasteiger charge is -2.26. The SMILES string of the molecule is CCNC(=NCc1cccc(CN2CCOCC2)c1)NCc1cc(C(CC)CC)no1.I. The van der Waals surface area contributed by atoms with Crippen LogP contribution >= 0.6 is 24.0 Å². The van der Waals surface area contributed by atoms with Crippen molar-refractivity contribution in [1.29, 1.82) is 0 Å². The zero-order valence-corrected chi connectivity index (χ0v) is 21.9. The van der Waals surface area contributed by atoms with E-state index in [-0.39, 0.29) is 24.0 Å². The first kappa shape index (κ1) is 26.6. The number of aliphatic imine (C=N–C) groups is 1. The molecule has 2 N–H and O–H groups in total. The van der Waals surface area contributed by atoms with Crippen molar-refractivity contribution in [2.24, 2.45) is 4.99 Å². The number of nitrogens with one attached hydrogen (secondary N) is 2. The lowest BCUT2D eigenvalue weighted by molar-refractivity contribution is 0.0342. The number of benzene rings is 1. The quantitative estimate of drug-likeness (QED) is 0.259. The Bertz CT molecular complexity index is 816. The molecule has 1 aliphatic rings. The number of rotatable bonds is 10. The number of morpholine rings is 1. The third-order valence-corrected chi connectivity index (χ3v) is 5.68. The van der Waals surface area contributed by atoms with Crippen LogP contribution in [0.1, 0.15) is 62.1 Å². The molecule has 1 aromatic heterocycles. The third kappa shape index (κ3) is 8.37. The lowest BCUT2D eigenvalue weighted by Crippen LogP contribution is -2.36. The molecule has 3 rings (SSSR count). The predicted molar refractivity (Wildman–Crippen MR) is 139 cm³/mol. The second-order valence-electron chi connectivity index (χ2n) is 7.99. The molecule has 0 radical (unpaired) electrons. The minimum Gasteiger partial charge on any atom is -0.379 e. The van der Waals surface area contributed by atoms with Gasteiger partial charge in [-0.05, 0) is 30.9 Å². The third-order valence-electron chi connectivity index (χ3n) is 5.68. The van der Waals surface area contributed by atoms with Gasteiger partial charge in [0.05, 0.1) is 32.0 Å². The summed E-state index contributed by atoms with van der Waals surface area (Å²) in [6, 6.07) is 10.8. The molecule has 0 spiro atoms.